The quantitative estimate of drug-likeness (QED) is 0.365. The highest BCUT2D eigenvalue weighted by atomic mass is 35.5. The molecule has 210 valence electrons. The van der Waals surface area contributed by atoms with Crippen LogP contribution in [0.15, 0.2) is 41.3 Å². The predicted octanol–water partition coefficient (Wildman–Crippen LogP) is 5.05. The lowest BCUT2D eigenvalue weighted by atomic mass is 10.0. The molecule has 11 heteroatoms. The van der Waals surface area contributed by atoms with Crippen molar-refractivity contribution in [1.29, 1.82) is 0 Å². The molecule has 2 aliphatic heterocycles. The molecule has 0 bridgehead atoms. The van der Waals surface area contributed by atoms with Gasteiger partial charge in [-0.15, -0.1) is 0 Å². The first-order valence-corrected chi connectivity index (χ1v) is 16.2. The molecule has 2 aromatic carbocycles. The maximum Gasteiger partial charge on any atom is 0.260 e. The number of hydrogen-bond acceptors (Lipinski definition) is 7. The number of ether oxygens (including phenoxy) is 1. The zero-order chi connectivity index (χ0) is 27.6. The van der Waals surface area contributed by atoms with Gasteiger partial charge in [0.1, 0.15) is 0 Å². The SMILES string of the molecule is Cc1c(Cl)ccc2sc(N(CCCN3CCOCC3)C(=O)c3ccc(S(=O)(=O)N4CCC(C)CC4)cc3)nc12. The summed E-state index contributed by atoms with van der Waals surface area (Å²) in [6, 6.07) is 10.1. The standard InChI is InChI=1S/C28H35ClN4O4S2/c1-20-10-14-32(15-11-20)39(35,36)23-6-4-22(5-7-23)27(34)33(13-3-12-31-16-18-37-19-17-31)28-30-26-21(2)24(29)8-9-25(26)38-28/h4-9,20H,3,10-19H2,1-2H3. The number of piperidine rings is 1. The van der Waals surface area contributed by atoms with Crippen molar-refractivity contribution in [2.75, 3.05) is 57.4 Å². The lowest BCUT2D eigenvalue weighted by molar-refractivity contribution is 0.0376. The number of halogens is 1. The Morgan fingerprint density at radius 1 is 1.10 bits per heavy atom. The molecule has 39 heavy (non-hydrogen) atoms. The fourth-order valence-electron chi connectivity index (χ4n) is 5.07. The number of amides is 1. The van der Waals surface area contributed by atoms with E-state index in [0.717, 1.165) is 67.9 Å². The van der Waals surface area contributed by atoms with Gasteiger partial charge in [-0.05, 0) is 74.1 Å². The molecule has 0 radical (unpaired) electrons. The van der Waals surface area contributed by atoms with E-state index < -0.39 is 10.0 Å². The van der Waals surface area contributed by atoms with Gasteiger partial charge in [-0.25, -0.2) is 13.4 Å². The van der Waals surface area contributed by atoms with Crippen LogP contribution < -0.4 is 4.90 Å². The van der Waals surface area contributed by atoms with Crippen LogP contribution in [0, 0.1) is 12.8 Å². The Morgan fingerprint density at radius 3 is 2.49 bits per heavy atom. The van der Waals surface area contributed by atoms with Crippen LogP contribution in [0.1, 0.15) is 42.1 Å². The predicted molar refractivity (Wildman–Crippen MR) is 157 cm³/mol. The molecule has 0 atom stereocenters. The maximum absolute atomic E-state index is 13.8. The normalized spacial score (nSPS) is 18.0. The first kappa shape index (κ1) is 28.4. The number of hydrogen-bond donors (Lipinski definition) is 0. The molecule has 3 aromatic rings. The fraction of sp³-hybridized carbons (Fsp3) is 0.500. The average molecular weight is 591 g/mol. The summed E-state index contributed by atoms with van der Waals surface area (Å²) in [5, 5.41) is 1.26. The molecule has 2 saturated heterocycles. The highest BCUT2D eigenvalue weighted by molar-refractivity contribution is 7.89. The molecule has 0 N–H and O–H groups in total. The number of carbonyl (C=O) groups excluding carboxylic acids is 1. The molecule has 1 amide bonds. The summed E-state index contributed by atoms with van der Waals surface area (Å²) in [6.45, 7) is 9.72. The number of rotatable bonds is 8. The molecule has 8 nitrogen and oxygen atoms in total. The van der Waals surface area contributed by atoms with Gasteiger partial charge in [0.2, 0.25) is 10.0 Å². The molecule has 2 fully saturated rings. The number of anilines is 1. The van der Waals surface area contributed by atoms with Crippen molar-refractivity contribution in [3.05, 3.63) is 52.5 Å². The number of benzene rings is 2. The molecule has 5 rings (SSSR count). The molecule has 0 unspecified atom stereocenters. The Balaban J connectivity index is 1.38. The fourth-order valence-corrected chi connectivity index (χ4v) is 7.74. The van der Waals surface area contributed by atoms with E-state index in [-0.39, 0.29) is 10.8 Å². The Bertz CT molecular complexity index is 1410. The number of carbonyl (C=O) groups is 1. The zero-order valence-electron chi connectivity index (χ0n) is 22.4. The molecule has 2 aliphatic rings. The molecule has 0 aliphatic carbocycles. The van der Waals surface area contributed by atoms with Gasteiger partial charge in [0.15, 0.2) is 5.13 Å². The maximum atomic E-state index is 13.8. The van der Waals surface area contributed by atoms with Crippen LogP contribution >= 0.6 is 22.9 Å². The van der Waals surface area contributed by atoms with Crippen molar-refractivity contribution in [3.63, 3.8) is 0 Å². The Labute approximate surface area is 239 Å². The summed E-state index contributed by atoms with van der Waals surface area (Å²) in [5.41, 5.74) is 2.12. The van der Waals surface area contributed by atoms with Crippen molar-refractivity contribution in [2.24, 2.45) is 5.92 Å². The minimum atomic E-state index is -3.58. The Morgan fingerprint density at radius 2 is 1.79 bits per heavy atom. The van der Waals surface area contributed by atoms with Crippen LogP contribution in [-0.4, -0.2) is 81.0 Å². The molecule has 0 saturated carbocycles. The van der Waals surface area contributed by atoms with Gasteiger partial charge < -0.3 is 4.74 Å². The van der Waals surface area contributed by atoms with Gasteiger partial charge in [-0.2, -0.15) is 4.31 Å². The van der Waals surface area contributed by atoms with Gasteiger partial charge in [-0.1, -0.05) is 29.9 Å². The monoisotopic (exact) mass is 590 g/mol. The van der Waals surface area contributed by atoms with Gasteiger partial charge >= 0.3 is 0 Å². The number of aryl methyl sites for hydroxylation is 1. The summed E-state index contributed by atoms with van der Waals surface area (Å²) in [7, 11) is -3.58. The number of fused-ring (bicyclic) bond motifs is 1. The third-order valence-electron chi connectivity index (χ3n) is 7.65. The van der Waals surface area contributed by atoms with E-state index >= 15 is 0 Å². The van der Waals surface area contributed by atoms with E-state index in [2.05, 4.69) is 11.8 Å². The lowest BCUT2D eigenvalue weighted by Gasteiger charge is -2.29. The van der Waals surface area contributed by atoms with Crippen molar-refractivity contribution >= 4 is 54.2 Å². The van der Waals surface area contributed by atoms with Crippen molar-refractivity contribution in [2.45, 2.75) is 38.0 Å². The van der Waals surface area contributed by atoms with E-state index in [0.29, 0.717) is 41.3 Å². The third-order valence-corrected chi connectivity index (χ3v) is 11.0. The summed E-state index contributed by atoms with van der Waals surface area (Å²) in [5.74, 6) is 0.337. The van der Waals surface area contributed by atoms with E-state index in [1.54, 1.807) is 33.5 Å². The number of morpholine rings is 1. The highest BCUT2D eigenvalue weighted by Gasteiger charge is 2.29. The lowest BCUT2D eigenvalue weighted by Crippen LogP contribution is -2.39. The van der Waals surface area contributed by atoms with Crippen LogP contribution in [0.2, 0.25) is 5.02 Å². The van der Waals surface area contributed by atoms with Crippen molar-refractivity contribution < 1.29 is 17.9 Å². The van der Waals surface area contributed by atoms with E-state index in [1.165, 1.54) is 11.3 Å². The van der Waals surface area contributed by atoms with Gasteiger partial charge in [-0.3, -0.25) is 14.6 Å². The first-order chi connectivity index (χ1) is 18.7. The minimum absolute atomic E-state index is 0.199. The van der Waals surface area contributed by atoms with E-state index in [9.17, 15) is 13.2 Å². The second-order valence-corrected chi connectivity index (χ2v) is 13.7. The van der Waals surface area contributed by atoms with E-state index in [4.69, 9.17) is 21.3 Å². The number of nitrogens with zero attached hydrogens (tertiary/aromatic N) is 4. The molecule has 0 spiro atoms. The Kier molecular flexibility index (Phi) is 8.90. The minimum Gasteiger partial charge on any atom is -0.379 e. The Hall–Kier alpha value is -2.08. The number of aromatic nitrogens is 1. The van der Waals surface area contributed by atoms with Gasteiger partial charge in [0, 0.05) is 49.9 Å². The van der Waals surface area contributed by atoms with Crippen LogP contribution in [0.5, 0.6) is 0 Å². The van der Waals surface area contributed by atoms with Crippen LogP contribution in [0.3, 0.4) is 0 Å². The second kappa shape index (κ2) is 12.2. The summed E-state index contributed by atoms with van der Waals surface area (Å²) < 4.78 is 34.3. The van der Waals surface area contributed by atoms with Crippen LogP contribution in [-0.2, 0) is 14.8 Å². The summed E-state index contributed by atoms with van der Waals surface area (Å²) >= 11 is 7.80. The van der Waals surface area contributed by atoms with Gasteiger partial charge in [0.25, 0.3) is 5.91 Å². The third kappa shape index (κ3) is 6.31. The summed E-state index contributed by atoms with van der Waals surface area (Å²) in [6.07, 6.45) is 2.51. The second-order valence-electron chi connectivity index (χ2n) is 10.4. The topological polar surface area (TPSA) is 83.0 Å². The van der Waals surface area contributed by atoms with Gasteiger partial charge in [0.05, 0.1) is 28.3 Å². The number of thiazole rings is 1. The number of sulfonamides is 1. The average Bonchev–Trinajstić information content (AvgIpc) is 3.38. The van der Waals surface area contributed by atoms with Crippen molar-refractivity contribution in [3.8, 4) is 0 Å². The van der Waals surface area contributed by atoms with Crippen LogP contribution in [0.4, 0.5) is 5.13 Å². The molecular formula is C28H35ClN4O4S2. The zero-order valence-corrected chi connectivity index (χ0v) is 24.8. The van der Waals surface area contributed by atoms with Crippen molar-refractivity contribution in [1.82, 2.24) is 14.2 Å². The largest absolute Gasteiger partial charge is 0.379 e. The smallest absolute Gasteiger partial charge is 0.260 e. The molecule has 3 heterocycles. The van der Waals surface area contributed by atoms with E-state index in [1.807, 2.05) is 19.1 Å². The van der Waals surface area contributed by atoms with Crippen LogP contribution in [0.25, 0.3) is 10.2 Å². The highest BCUT2D eigenvalue weighted by Crippen LogP contribution is 2.34. The summed E-state index contributed by atoms with van der Waals surface area (Å²) in [4.78, 5) is 22.9. The molecular weight excluding hydrogens is 556 g/mol. The first-order valence-electron chi connectivity index (χ1n) is 13.5. The molecule has 1 aromatic heterocycles.